The molecular weight excluding hydrogens is 919 g/mol. The van der Waals surface area contributed by atoms with E-state index in [1.165, 1.54) is 11.3 Å². The topological polar surface area (TPSA) is 206 Å². The first-order valence-corrected chi connectivity index (χ1v) is 23.8. The number of primary amides is 1. The van der Waals surface area contributed by atoms with Gasteiger partial charge in [0.15, 0.2) is 5.13 Å². The van der Waals surface area contributed by atoms with E-state index in [1.807, 2.05) is 120 Å². The number of aliphatic hydroxyl groups excluding tert-OH is 1. The molecule has 1 spiro atoms. The molecule has 7 unspecified atom stereocenters. The SMILES string of the molecule is CC(NC(=O)N1C(=O)C2(c3cc(C#CCNC(N)=O)ccc31)C(C(=O)Nc1nc3ccccc3s1)C1C(=O)OC(c3ccccc3)C(c3ccccc3)N1C2c1cccc(OCCO)c1)c1ccccc1. The zero-order chi connectivity index (χ0) is 49.2. The number of benzene rings is 6. The van der Waals surface area contributed by atoms with Gasteiger partial charge in [-0.25, -0.2) is 19.5 Å². The first-order chi connectivity index (χ1) is 34.6. The van der Waals surface area contributed by atoms with E-state index < -0.39 is 71.5 Å². The Morgan fingerprint density at radius 2 is 1.54 bits per heavy atom. The number of anilines is 2. The molecule has 0 saturated carbocycles. The summed E-state index contributed by atoms with van der Waals surface area (Å²) < 4.78 is 13.4. The van der Waals surface area contributed by atoms with Crippen molar-refractivity contribution in [3.05, 3.63) is 191 Å². The Balaban J connectivity index is 1.26. The molecule has 2 fully saturated rings. The molecule has 0 radical (unpaired) electrons. The summed E-state index contributed by atoms with van der Waals surface area (Å²) in [5.41, 5.74) is 7.26. The zero-order valence-corrected chi connectivity index (χ0v) is 39.0. The first kappa shape index (κ1) is 46.4. The van der Waals surface area contributed by atoms with Gasteiger partial charge in [0, 0.05) is 5.56 Å². The Kier molecular flexibility index (Phi) is 12.8. The number of fused-ring (bicyclic) bond motifs is 4. The summed E-state index contributed by atoms with van der Waals surface area (Å²) in [6.07, 6.45) is -0.959. The number of nitrogens with zero attached hydrogens (tertiary/aromatic N) is 3. The van der Waals surface area contributed by atoms with Gasteiger partial charge in [0.05, 0.1) is 53.1 Å². The predicted molar refractivity (Wildman–Crippen MR) is 267 cm³/mol. The lowest BCUT2D eigenvalue weighted by Gasteiger charge is -2.46. The average molecular weight is 966 g/mol. The molecule has 356 valence electrons. The number of rotatable bonds is 11. The molecule has 16 heteroatoms. The molecule has 1 aromatic heterocycles. The molecule has 6 N–H and O–H groups in total. The number of para-hydroxylation sites is 1. The molecule has 15 nitrogen and oxygen atoms in total. The number of imide groups is 1. The molecule has 0 aliphatic carbocycles. The second-order valence-corrected chi connectivity index (χ2v) is 18.4. The monoisotopic (exact) mass is 965 g/mol. The number of nitrogens with two attached hydrogens (primary N) is 1. The highest BCUT2D eigenvalue weighted by atomic mass is 32.1. The van der Waals surface area contributed by atoms with E-state index >= 15 is 19.2 Å². The number of cyclic esters (lactones) is 1. The number of carbonyl (C=O) groups excluding carboxylic acids is 5. The molecule has 7 aromatic rings. The Morgan fingerprint density at radius 3 is 2.25 bits per heavy atom. The number of amides is 6. The lowest BCUT2D eigenvalue weighted by Crippen LogP contribution is -2.55. The van der Waals surface area contributed by atoms with Crippen molar-refractivity contribution in [3.63, 3.8) is 0 Å². The highest BCUT2D eigenvalue weighted by molar-refractivity contribution is 7.22. The molecular formula is C55H47N7O8S. The number of morpholine rings is 1. The first-order valence-electron chi connectivity index (χ1n) is 23.0. The van der Waals surface area contributed by atoms with Crippen molar-refractivity contribution in [3.8, 4) is 17.6 Å². The number of ether oxygens (including phenoxy) is 2. The number of thiazole rings is 1. The van der Waals surface area contributed by atoms with Crippen LogP contribution < -0.4 is 31.3 Å². The Morgan fingerprint density at radius 1 is 0.845 bits per heavy atom. The number of hydrogen-bond donors (Lipinski definition) is 5. The van der Waals surface area contributed by atoms with E-state index in [2.05, 4.69) is 27.8 Å². The summed E-state index contributed by atoms with van der Waals surface area (Å²) in [6.45, 7) is 1.38. The van der Waals surface area contributed by atoms with Crippen LogP contribution in [0.3, 0.4) is 0 Å². The van der Waals surface area contributed by atoms with Crippen molar-refractivity contribution in [2.24, 2.45) is 11.7 Å². The summed E-state index contributed by atoms with van der Waals surface area (Å²) in [5, 5.41) is 18.6. The van der Waals surface area contributed by atoms with Crippen LogP contribution in [0.4, 0.5) is 20.4 Å². The number of urea groups is 2. The summed E-state index contributed by atoms with van der Waals surface area (Å²) >= 11 is 1.23. The normalized spacial score (nSPS) is 21.6. The Labute approximate surface area is 412 Å². The van der Waals surface area contributed by atoms with Crippen LogP contribution in [0, 0.1) is 17.8 Å². The summed E-state index contributed by atoms with van der Waals surface area (Å²) in [5.74, 6) is 2.41. The minimum Gasteiger partial charge on any atom is -0.491 e. The van der Waals surface area contributed by atoms with Crippen LogP contribution in [0.15, 0.2) is 158 Å². The van der Waals surface area contributed by atoms with E-state index in [4.69, 9.17) is 20.2 Å². The molecule has 6 amide bonds. The van der Waals surface area contributed by atoms with Gasteiger partial charge >= 0.3 is 18.0 Å². The minimum atomic E-state index is -2.12. The number of nitrogens with one attached hydrogen (secondary N) is 3. The van der Waals surface area contributed by atoms with Crippen LogP contribution in [-0.4, -0.2) is 70.6 Å². The lowest BCUT2D eigenvalue weighted by atomic mass is 9.65. The molecule has 7 atom stereocenters. The molecule has 3 aliphatic heterocycles. The molecule has 0 bridgehead atoms. The quantitative estimate of drug-likeness (QED) is 0.0639. The smallest absolute Gasteiger partial charge is 0.329 e. The van der Waals surface area contributed by atoms with E-state index in [0.717, 1.165) is 20.7 Å². The molecule has 71 heavy (non-hydrogen) atoms. The van der Waals surface area contributed by atoms with Gasteiger partial charge in [-0.3, -0.25) is 19.3 Å². The van der Waals surface area contributed by atoms with E-state index in [9.17, 15) is 9.90 Å². The second-order valence-electron chi connectivity index (χ2n) is 17.4. The van der Waals surface area contributed by atoms with Crippen molar-refractivity contribution in [2.45, 2.75) is 42.6 Å². The number of carbonyl (C=O) groups is 5. The third kappa shape index (κ3) is 8.50. The molecule has 3 aliphatic rings. The van der Waals surface area contributed by atoms with Crippen LogP contribution in [0.2, 0.25) is 0 Å². The largest absolute Gasteiger partial charge is 0.491 e. The number of aliphatic hydroxyl groups is 1. The maximum Gasteiger partial charge on any atom is 0.329 e. The number of hydrogen-bond acceptors (Lipinski definition) is 11. The van der Waals surface area contributed by atoms with Gasteiger partial charge in [-0.1, -0.05) is 138 Å². The lowest BCUT2D eigenvalue weighted by molar-refractivity contribution is -0.177. The van der Waals surface area contributed by atoms with Crippen LogP contribution >= 0.6 is 11.3 Å². The third-order valence-corrected chi connectivity index (χ3v) is 14.2. The highest BCUT2D eigenvalue weighted by Crippen LogP contribution is 2.66. The van der Waals surface area contributed by atoms with E-state index in [0.29, 0.717) is 28.0 Å². The highest BCUT2D eigenvalue weighted by Gasteiger charge is 2.75. The van der Waals surface area contributed by atoms with Gasteiger partial charge in [0.1, 0.15) is 29.9 Å². The number of esters is 1. The van der Waals surface area contributed by atoms with Crippen LogP contribution in [-0.2, 0) is 24.5 Å². The third-order valence-electron chi connectivity index (χ3n) is 13.2. The summed E-state index contributed by atoms with van der Waals surface area (Å²) in [6, 6.07) is 41.7. The second kappa shape index (κ2) is 19.6. The fraction of sp³-hybridized carbons (Fsp3) is 0.200. The van der Waals surface area contributed by atoms with Gasteiger partial charge in [0.25, 0.3) is 0 Å². The molecule has 10 rings (SSSR count). The average Bonchev–Trinajstić information content (AvgIpc) is 4.03. The zero-order valence-electron chi connectivity index (χ0n) is 38.2. The van der Waals surface area contributed by atoms with Crippen molar-refractivity contribution in [2.75, 3.05) is 30.0 Å². The molecule has 6 aromatic carbocycles. The maximum absolute atomic E-state index is 16.7. The standard InChI is InChI=1S/C55H47N7O8S/c1-33(35-16-5-2-6-17-35)58-54(68)61-42-27-26-34(15-14-28-57-52(56)67)31-40(42)55(51(61)66)44(49(64)60-53-59-41-24-11-12-25-43(41)71-53)46-50(65)70-47(37-20-9-4-10-21-37)45(36-18-7-3-8-19-36)62(46)48(55)38-22-13-23-39(32-38)69-30-29-63/h2-13,16-27,31-33,44-48,63H,28-30H2,1H3,(H,58,68)(H3,56,57,67)(H,59,60,64). The van der Waals surface area contributed by atoms with E-state index in [-0.39, 0.29) is 36.1 Å². The Bertz CT molecular complexity index is 3200. The Hall–Kier alpha value is -8.36. The summed E-state index contributed by atoms with van der Waals surface area (Å²) in [7, 11) is 0. The predicted octanol–water partition coefficient (Wildman–Crippen LogP) is 7.46. The van der Waals surface area contributed by atoms with Gasteiger partial charge in [0.2, 0.25) is 11.8 Å². The van der Waals surface area contributed by atoms with Crippen molar-refractivity contribution in [1.29, 1.82) is 0 Å². The minimum absolute atomic E-state index is 0.0458. The van der Waals surface area contributed by atoms with Crippen molar-refractivity contribution in [1.82, 2.24) is 20.5 Å². The fourth-order valence-electron chi connectivity index (χ4n) is 10.4. The van der Waals surface area contributed by atoms with Crippen molar-refractivity contribution < 1.29 is 38.6 Å². The van der Waals surface area contributed by atoms with E-state index in [1.54, 1.807) is 49.4 Å². The van der Waals surface area contributed by atoms with Gasteiger partial charge in [-0.05, 0) is 77.2 Å². The molecule has 4 heterocycles. The maximum atomic E-state index is 16.7. The summed E-state index contributed by atoms with van der Waals surface area (Å²) in [4.78, 5) is 82.7. The van der Waals surface area contributed by atoms with Crippen LogP contribution in [0.25, 0.3) is 10.2 Å². The van der Waals surface area contributed by atoms with Gasteiger partial charge in [-0.2, -0.15) is 0 Å². The van der Waals surface area contributed by atoms with Crippen LogP contribution in [0.5, 0.6) is 5.75 Å². The number of aromatic nitrogens is 1. The van der Waals surface area contributed by atoms with Gasteiger partial charge < -0.3 is 36.3 Å². The van der Waals surface area contributed by atoms with Gasteiger partial charge in [-0.15, -0.1) is 0 Å². The fourth-order valence-corrected chi connectivity index (χ4v) is 11.3. The van der Waals surface area contributed by atoms with Crippen molar-refractivity contribution >= 4 is 62.2 Å². The molecule has 2 saturated heterocycles. The van der Waals surface area contributed by atoms with Crippen LogP contribution in [0.1, 0.15) is 64.5 Å².